The number of hydrogen-bond donors (Lipinski definition) is 1. The van der Waals surface area contributed by atoms with E-state index >= 15 is 0 Å². The molecule has 1 aromatic heterocycles. The number of ether oxygens (including phenoxy) is 1. The van der Waals surface area contributed by atoms with Gasteiger partial charge in [0.1, 0.15) is 0 Å². The molecule has 134 valence electrons. The zero-order valence-corrected chi connectivity index (χ0v) is 16.0. The predicted molar refractivity (Wildman–Crippen MR) is 99.9 cm³/mol. The zero-order valence-electron chi connectivity index (χ0n) is 13.7. The number of carbonyl (C=O) groups is 1. The molecule has 0 amide bonds. The van der Waals surface area contributed by atoms with Crippen molar-refractivity contribution in [1.29, 1.82) is 0 Å². The summed E-state index contributed by atoms with van der Waals surface area (Å²) in [5.74, 6) is -0.416. The van der Waals surface area contributed by atoms with E-state index in [1.165, 1.54) is 0 Å². The third-order valence-corrected chi connectivity index (χ3v) is 5.68. The molecule has 0 radical (unpaired) electrons. The van der Waals surface area contributed by atoms with Crippen molar-refractivity contribution < 1.29 is 9.53 Å². The Balaban J connectivity index is 1.60. The van der Waals surface area contributed by atoms with Crippen molar-refractivity contribution in [3.63, 3.8) is 0 Å². The number of hydrogen-bond acceptors (Lipinski definition) is 6. The second-order valence-corrected chi connectivity index (χ2v) is 7.81. The fraction of sp³-hybridized carbons (Fsp3) is 0.438. The van der Waals surface area contributed by atoms with E-state index in [4.69, 9.17) is 27.9 Å². The van der Waals surface area contributed by atoms with Crippen LogP contribution in [-0.4, -0.2) is 46.3 Å². The minimum Gasteiger partial charge on any atom is -0.461 e. The molecule has 0 spiro atoms. The molecule has 2 heterocycles. The maximum Gasteiger partial charge on any atom is 0.359 e. The molecule has 0 saturated carbocycles. The van der Waals surface area contributed by atoms with E-state index in [2.05, 4.69) is 20.3 Å². The molecule has 0 aliphatic carbocycles. The Morgan fingerprint density at radius 3 is 2.64 bits per heavy atom. The van der Waals surface area contributed by atoms with Gasteiger partial charge in [0.15, 0.2) is 10.7 Å². The lowest BCUT2D eigenvalue weighted by atomic mass is 10.1. The number of halogens is 2. The first-order valence-corrected chi connectivity index (χ1v) is 9.66. The van der Waals surface area contributed by atoms with Crippen LogP contribution in [0, 0.1) is 0 Å². The maximum atomic E-state index is 11.9. The standard InChI is InChI=1S/C16H18Cl2N4O2S/c1-2-24-16(23)14-15(20-21-19-14)25-13-3-5-22(6-4-13)12-8-10(17)7-11(18)9-12/h7-9,13H,2-6H2,1H3,(H,19,20,21). The van der Waals surface area contributed by atoms with Gasteiger partial charge in [-0.3, -0.25) is 5.10 Å². The molecule has 9 heteroatoms. The summed E-state index contributed by atoms with van der Waals surface area (Å²) in [6, 6.07) is 5.59. The smallest absolute Gasteiger partial charge is 0.359 e. The average Bonchev–Trinajstić information content (AvgIpc) is 3.03. The highest BCUT2D eigenvalue weighted by molar-refractivity contribution is 7.99. The summed E-state index contributed by atoms with van der Waals surface area (Å²) < 4.78 is 5.02. The van der Waals surface area contributed by atoms with E-state index in [0.29, 0.717) is 32.6 Å². The van der Waals surface area contributed by atoms with Gasteiger partial charge in [0.25, 0.3) is 0 Å². The normalized spacial score (nSPS) is 15.4. The largest absolute Gasteiger partial charge is 0.461 e. The number of carbonyl (C=O) groups excluding carboxylic acids is 1. The lowest BCUT2D eigenvalue weighted by Crippen LogP contribution is -2.34. The number of thioether (sulfide) groups is 1. The second-order valence-electron chi connectivity index (χ2n) is 5.64. The third-order valence-electron chi connectivity index (χ3n) is 3.93. The van der Waals surface area contributed by atoms with Gasteiger partial charge in [0.05, 0.1) is 6.61 Å². The molecule has 1 N–H and O–H groups in total. The minimum absolute atomic E-state index is 0.322. The van der Waals surface area contributed by atoms with Crippen molar-refractivity contribution in [2.45, 2.75) is 30.0 Å². The topological polar surface area (TPSA) is 71.1 Å². The van der Waals surface area contributed by atoms with Gasteiger partial charge in [-0.2, -0.15) is 0 Å². The molecule has 6 nitrogen and oxygen atoms in total. The Morgan fingerprint density at radius 2 is 2.00 bits per heavy atom. The van der Waals surface area contributed by atoms with Crippen molar-refractivity contribution in [1.82, 2.24) is 15.4 Å². The van der Waals surface area contributed by atoms with Crippen LogP contribution in [0.4, 0.5) is 5.69 Å². The van der Waals surface area contributed by atoms with Crippen molar-refractivity contribution in [3.8, 4) is 0 Å². The van der Waals surface area contributed by atoms with Crippen LogP contribution in [0.15, 0.2) is 23.2 Å². The van der Waals surface area contributed by atoms with Crippen LogP contribution < -0.4 is 4.90 Å². The number of aromatic nitrogens is 3. The summed E-state index contributed by atoms with van der Waals surface area (Å²) in [7, 11) is 0. The first-order valence-electron chi connectivity index (χ1n) is 8.02. The van der Waals surface area contributed by atoms with Gasteiger partial charge >= 0.3 is 5.97 Å². The van der Waals surface area contributed by atoms with E-state index in [1.54, 1.807) is 24.8 Å². The summed E-state index contributed by atoms with van der Waals surface area (Å²) in [4.78, 5) is 14.2. The van der Waals surface area contributed by atoms with Crippen LogP contribution in [0.2, 0.25) is 10.0 Å². The fourth-order valence-electron chi connectivity index (χ4n) is 2.75. The zero-order chi connectivity index (χ0) is 17.8. The van der Waals surface area contributed by atoms with Gasteiger partial charge in [-0.05, 0) is 38.0 Å². The first kappa shape index (κ1) is 18.4. The van der Waals surface area contributed by atoms with E-state index in [0.717, 1.165) is 31.6 Å². The molecular formula is C16H18Cl2N4O2S. The van der Waals surface area contributed by atoms with Crippen molar-refractivity contribution in [3.05, 3.63) is 33.9 Å². The molecule has 25 heavy (non-hydrogen) atoms. The highest BCUT2D eigenvalue weighted by atomic mass is 35.5. The summed E-state index contributed by atoms with van der Waals surface area (Å²) >= 11 is 13.7. The summed E-state index contributed by atoms with van der Waals surface area (Å²) in [5.41, 5.74) is 1.37. The molecule has 1 saturated heterocycles. The molecule has 0 unspecified atom stereocenters. The fourth-order valence-corrected chi connectivity index (χ4v) is 4.36. The maximum absolute atomic E-state index is 11.9. The number of aromatic amines is 1. The van der Waals surface area contributed by atoms with Crippen LogP contribution in [0.5, 0.6) is 0 Å². The molecule has 1 aromatic carbocycles. The third kappa shape index (κ3) is 4.59. The second kappa shape index (κ2) is 8.29. The number of H-pyrrole nitrogens is 1. The van der Waals surface area contributed by atoms with Crippen LogP contribution in [0.1, 0.15) is 30.3 Å². The monoisotopic (exact) mass is 400 g/mol. The molecular weight excluding hydrogens is 383 g/mol. The molecule has 2 aromatic rings. The van der Waals surface area contributed by atoms with E-state index in [9.17, 15) is 4.79 Å². The van der Waals surface area contributed by atoms with Crippen molar-refractivity contribution >= 4 is 46.6 Å². The summed E-state index contributed by atoms with van der Waals surface area (Å²) in [6.07, 6.45) is 1.92. The van der Waals surface area contributed by atoms with Crippen LogP contribution in [-0.2, 0) is 4.74 Å². The van der Waals surface area contributed by atoms with Crippen LogP contribution in [0.25, 0.3) is 0 Å². The van der Waals surface area contributed by atoms with Gasteiger partial charge < -0.3 is 9.64 Å². The van der Waals surface area contributed by atoms with E-state index in [-0.39, 0.29) is 0 Å². The van der Waals surface area contributed by atoms with Crippen molar-refractivity contribution in [2.75, 3.05) is 24.6 Å². The van der Waals surface area contributed by atoms with Crippen molar-refractivity contribution in [2.24, 2.45) is 0 Å². The number of rotatable bonds is 5. The molecule has 0 bridgehead atoms. The molecule has 1 aliphatic heterocycles. The number of nitrogens with one attached hydrogen (secondary N) is 1. The van der Waals surface area contributed by atoms with E-state index < -0.39 is 5.97 Å². The Morgan fingerprint density at radius 1 is 1.32 bits per heavy atom. The molecule has 1 fully saturated rings. The summed E-state index contributed by atoms with van der Waals surface area (Å²) in [6.45, 7) is 3.87. The lowest BCUT2D eigenvalue weighted by Gasteiger charge is -2.33. The summed E-state index contributed by atoms with van der Waals surface area (Å²) in [5, 5.41) is 12.6. The van der Waals surface area contributed by atoms with Crippen LogP contribution >= 0.6 is 35.0 Å². The quantitative estimate of drug-likeness (QED) is 0.763. The molecule has 1 aliphatic rings. The average molecular weight is 401 g/mol. The van der Waals surface area contributed by atoms with Gasteiger partial charge in [0, 0.05) is 34.1 Å². The number of nitrogens with zero attached hydrogens (tertiary/aromatic N) is 3. The first-order chi connectivity index (χ1) is 12.1. The Bertz CT molecular complexity index is 727. The van der Waals surface area contributed by atoms with Crippen LogP contribution in [0.3, 0.4) is 0 Å². The molecule has 3 rings (SSSR count). The highest BCUT2D eigenvalue weighted by Crippen LogP contribution is 2.33. The predicted octanol–water partition coefficient (Wildman–Crippen LogP) is 4.05. The Hall–Kier alpha value is -1.44. The Kier molecular flexibility index (Phi) is 6.09. The Labute approximate surface area is 160 Å². The minimum atomic E-state index is -0.416. The SMILES string of the molecule is CCOC(=O)c1[nH]nnc1SC1CCN(c2cc(Cl)cc(Cl)c2)CC1. The lowest BCUT2D eigenvalue weighted by molar-refractivity contribution is 0.0515. The number of piperidine rings is 1. The highest BCUT2D eigenvalue weighted by Gasteiger charge is 2.25. The van der Waals surface area contributed by atoms with Gasteiger partial charge in [-0.15, -0.1) is 5.10 Å². The van der Waals surface area contributed by atoms with E-state index in [1.807, 2.05) is 12.1 Å². The van der Waals surface area contributed by atoms with Gasteiger partial charge in [-0.25, -0.2) is 4.79 Å². The number of anilines is 1. The molecule has 0 atom stereocenters. The van der Waals surface area contributed by atoms with Gasteiger partial charge in [0.2, 0.25) is 0 Å². The number of benzene rings is 1. The number of esters is 1. The van der Waals surface area contributed by atoms with Gasteiger partial charge in [-0.1, -0.05) is 40.2 Å².